The summed E-state index contributed by atoms with van der Waals surface area (Å²) < 4.78 is 43.6. The van der Waals surface area contributed by atoms with Crippen molar-refractivity contribution in [3.63, 3.8) is 0 Å². The Kier molecular flexibility index (Phi) is 6.56. The van der Waals surface area contributed by atoms with Gasteiger partial charge in [0.1, 0.15) is 11.7 Å². The SMILES string of the molecule is CC(C)(C)OC(=O)NCCC(O)C(O)c1ncccc1C(F)(F)F. The minimum atomic E-state index is -4.70. The van der Waals surface area contributed by atoms with Crippen LogP contribution in [-0.4, -0.2) is 39.5 Å². The first-order valence-corrected chi connectivity index (χ1v) is 7.27. The molecule has 2 unspecified atom stereocenters. The first-order valence-electron chi connectivity index (χ1n) is 7.27. The van der Waals surface area contributed by atoms with Gasteiger partial charge in [0.05, 0.1) is 17.4 Å². The second-order valence-corrected chi connectivity index (χ2v) is 6.16. The van der Waals surface area contributed by atoms with Gasteiger partial charge in [-0.1, -0.05) is 0 Å². The lowest BCUT2D eigenvalue weighted by Crippen LogP contribution is -2.35. The zero-order chi connectivity index (χ0) is 18.5. The van der Waals surface area contributed by atoms with Crippen LogP contribution in [0.2, 0.25) is 0 Å². The van der Waals surface area contributed by atoms with Gasteiger partial charge in [-0.2, -0.15) is 13.2 Å². The van der Waals surface area contributed by atoms with Crippen LogP contribution < -0.4 is 5.32 Å². The van der Waals surface area contributed by atoms with Crippen molar-refractivity contribution in [3.8, 4) is 0 Å². The van der Waals surface area contributed by atoms with Gasteiger partial charge in [-0.3, -0.25) is 4.98 Å². The summed E-state index contributed by atoms with van der Waals surface area (Å²) in [7, 11) is 0. The van der Waals surface area contributed by atoms with Gasteiger partial charge in [-0.25, -0.2) is 4.79 Å². The van der Waals surface area contributed by atoms with Crippen LogP contribution in [0.3, 0.4) is 0 Å². The molecule has 1 aromatic rings. The van der Waals surface area contributed by atoms with Crippen molar-refractivity contribution < 1.29 is 32.9 Å². The van der Waals surface area contributed by atoms with Gasteiger partial charge in [0.2, 0.25) is 0 Å². The first-order chi connectivity index (χ1) is 10.9. The fourth-order valence-corrected chi connectivity index (χ4v) is 1.87. The average Bonchev–Trinajstić information content (AvgIpc) is 2.43. The van der Waals surface area contributed by atoms with E-state index in [1.807, 2.05) is 0 Å². The Labute approximate surface area is 137 Å². The minimum Gasteiger partial charge on any atom is -0.444 e. The van der Waals surface area contributed by atoms with E-state index in [4.69, 9.17) is 4.74 Å². The van der Waals surface area contributed by atoms with Gasteiger partial charge < -0.3 is 20.3 Å². The van der Waals surface area contributed by atoms with E-state index in [9.17, 15) is 28.2 Å². The van der Waals surface area contributed by atoms with E-state index in [1.165, 1.54) is 0 Å². The minimum absolute atomic E-state index is 0.0820. The quantitative estimate of drug-likeness (QED) is 0.758. The van der Waals surface area contributed by atoms with Gasteiger partial charge in [-0.05, 0) is 39.3 Å². The van der Waals surface area contributed by atoms with E-state index in [0.717, 1.165) is 18.3 Å². The number of carbonyl (C=O) groups excluding carboxylic acids is 1. The molecule has 0 spiro atoms. The summed E-state index contributed by atoms with van der Waals surface area (Å²) in [5.41, 5.74) is -2.47. The van der Waals surface area contributed by atoms with Crippen LogP contribution >= 0.6 is 0 Å². The maximum absolute atomic E-state index is 12.9. The van der Waals surface area contributed by atoms with E-state index in [2.05, 4.69) is 10.3 Å². The molecule has 0 saturated heterocycles. The molecule has 1 heterocycles. The molecular formula is C15H21F3N2O4. The Morgan fingerprint density at radius 1 is 1.33 bits per heavy atom. The van der Waals surface area contributed by atoms with Gasteiger partial charge in [0, 0.05) is 12.7 Å². The van der Waals surface area contributed by atoms with Crippen LogP contribution in [-0.2, 0) is 10.9 Å². The number of alkyl carbamates (subject to hydrolysis) is 1. The third-order valence-electron chi connectivity index (χ3n) is 2.90. The normalized spacial score (nSPS) is 14.8. The zero-order valence-electron chi connectivity index (χ0n) is 13.6. The number of rotatable bonds is 5. The Bertz CT molecular complexity index is 558. The predicted molar refractivity (Wildman–Crippen MR) is 79.1 cm³/mol. The maximum atomic E-state index is 12.9. The molecule has 0 radical (unpaired) electrons. The molecule has 136 valence electrons. The number of ether oxygens (including phenoxy) is 1. The molecule has 1 rings (SSSR count). The van der Waals surface area contributed by atoms with Crippen LogP contribution in [0.1, 0.15) is 44.6 Å². The molecule has 2 atom stereocenters. The number of pyridine rings is 1. The van der Waals surface area contributed by atoms with E-state index >= 15 is 0 Å². The van der Waals surface area contributed by atoms with Crippen LogP contribution in [0, 0.1) is 0 Å². The highest BCUT2D eigenvalue weighted by Gasteiger charge is 2.37. The number of amides is 1. The molecule has 24 heavy (non-hydrogen) atoms. The zero-order valence-corrected chi connectivity index (χ0v) is 13.6. The third-order valence-corrected chi connectivity index (χ3v) is 2.90. The van der Waals surface area contributed by atoms with Crippen LogP contribution in [0.25, 0.3) is 0 Å². The average molecular weight is 350 g/mol. The number of carbonyl (C=O) groups is 1. The lowest BCUT2D eigenvalue weighted by atomic mass is 10.0. The molecule has 1 amide bonds. The topological polar surface area (TPSA) is 91.7 Å². The van der Waals surface area contributed by atoms with Crippen molar-refractivity contribution in [2.24, 2.45) is 0 Å². The van der Waals surface area contributed by atoms with Crippen molar-refractivity contribution in [1.29, 1.82) is 0 Å². The first kappa shape index (κ1) is 20.2. The van der Waals surface area contributed by atoms with Crippen LogP contribution in [0.5, 0.6) is 0 Å². The fraction of sp³-hybridized carbons (Fsp3) is 0.600. The number of halogens is 3. The lowest BCUT2D eigenvalue weighted by molar-refractivity contribution is -0.140. The van der Waals surface area contributed by atoms with Crippen molar-refractivity contribution in [2.45, 2.75) is 51.2 Å². The van der Waals surface area contributed by atoms with E-state index < -0.39 is 41.3 Å². The van der Waals surface area contributed by atoms with Gasteiger partial charge >= 0.3 is 12.3 Å². The molecule has 6 nitrogen and oxygen atoms in total. The Morgan fingerprint density at radius 2 is 1.96 bits per heavy atom. The molecular weight excluding hydrogens is 329 g/mol. The van der Waals surface area contributed by atoms with Crippen LogP contribution in [0.15, 0.2) is 18.3 Å². The van der Waals surface area contributed by atoms with Gasteiger partial charge in [0.25, 0.3) is 0 Å². The largest absolute Gasteiger partial charge is 0.444 e. The Balaban J connectivity index is 2.63. The molecule has 3 N–H and O–H groups in total. The van der Waals surface area contributed by atoms with Crippen molar-refractivity contribution in [3.05, 3.63) is 29.6 Å². The van der Waals surface area contributed by atoms with Crippen molar-refractivity contribution in [1.82, 2.24) is 10.3 Å². The van der Waals surface area contributed by atoms with Crippen LogP contribution in [0.4, 0.5) is 18.0 Å². The summed E-state index contributed by atoms with van der Waals surface area (Å²) in [6, 6.07) is 1.87. The molecule has 9 heteroatoms. The summed E-state index contributed by atoms with van der Waals surface area (Å²) in [5, 5.41) is 22.1. The van der Waals surface area contributed by atoms with Crippen molar-refractivity contribution in [2.75, 3.05) is 6.54 Å². The smallest absolute Gasteiger partial charge is 0.418 e. The number of aliphatic hydroxyl groups excluding tert-OH is 2. The Morgan fingerprint density at radius 3 is 2.50 bits per heavy atom. The molecule has 0 aliphatic carbocycles. The molecule has 0 aromatic carbocycles. The Hall–Kier alpha value is -1.87. The lowest BCUT2D eigenvalue weighted by Gasteiger charge is -2.22. The predicted octanol–water partition coefficient (Wildman–Crippen LogP) is 2.41. The number of aliphatic hydroxyl groups is 2. The number of alkyl halides is 3. The number of aromatic nitrogens is 1. The number of nitrogens with zero attached hydrogens (tertiary/aromatic N) is 1. The monoisotopic (exact) mass is 350 g/mol. The highest BCUT2D eigenvalue weighted by atomic mass is 19.4. The molecule has 0 saturated carbocycles. The van der Waals surface area contributed by atoms with E-state index in [0.29, 0.717) is 0 Å². The second kappa shape index (κ2) is 7.80. The highest BCUT2D eigenvalue weighted by Crippen LogP contribution is 2.34. The second-order valence-electron chi connectivity index (χ2n) is 6.16. The number of hydrogen-bond donors (Lipinski definition) is 3. The number of nitrogens with one attached hydrogen (secondary N) is 1. The maximum Gasteiger partial charge on any atom is 0.418 e. The van der Waals surface area contributed by atoms with E-state index in [1.54, 1.807) is 20.8 Å². The summed E-state index contributed by atoms with van der Waals surface area (Å²) >= 11 is 0. The standard InChI is InChI=1S/C15H21F3N2O4/c1-14(2,3)24-13(23)20-8-6-10(21)12(22)11-9(15(16,17)18)5-4-7-19-11/h4-5,7,10,12,21-22H,6,8H2,1-3H3,(H,20,23). The summed E-state index contributed by atoms with van der Waals surface area (Å²) in [5.74, 6) is 0. The van der Waals surface area contributed by atoms with Gasteiger partial charge in [-0.15, -0.1) is 0 Å². The summed E-state index contributed by atoms with van der Waals surface area (Å²) in [6.07, 6.45) is -7.86. The summed E-state index contributed by atoms with van der Waals surface area (Å²) in [4.78, 5) is 14.9. The molecule has 0 aliphatic heterocycles. The summed E-state index contributed by atoms with van der Waals surface area (Å²) in [6.45, 7) is 4.93. The molecule has 1 aromatic heterocycles. The number of hydrogen-bond acceptors (Lipinski definition) is 5. The third kappa shape index (κ3) is 6.32. The molecule has 0 aliphatic rings. The van der Waals surface area contributed by atoms with E-state index in [-0.39, 0.29) is 13.0 Å². The van der Waals surface area contributed by atoms with Gasteiger partial charge in [0.15, 0.2) is 0 Å². The molecule has 0 bridgehead atoms. The molecule has 0 fully saturated rings. The fourth-order valence-electron chi connectivity index (χ4n) is 1.87. The highest BCUT2D eigenvalue weighted by molar-refractivity contribution is 5.67. The van der Waals surface area contributed by atoms with Crippen molar-refractivity contribution >= 4 is 6.09 Å².